The SMILES string of the molecule is CN(CC1CCCN(CCC(=O)Nc2ccc(Br)cc2F)C1)C(=O)OC(C)(C)C. The maximum atomic E-state index is 13.8. The minimum atomic E-state index is -0.508. The number of hydrogen-bond acceptors (Lipinski definition) is 4. The molecule has 0 bridgehead atoms. The average Bonchev–Trinajstić information content (AvgIpc) is 2.61. The van der Waals surface area contributed by atoms with E-state index in [-0.39, 0.29) is 17.7 Å². The Kier molecular flexibility index (Phi) is 8.46. The van der Waals surface area contributed by atoms with E-state index in [1.807, 2.05) is 20.8 Å². The summed E-state index contributed by atoms with van der Waals surface area (Å²) in [5.41, 5.74) is -0.320. The van der Waals surface area contributed by atoms with Crippen molar-refractivity contribution in [2.75, 3.05) is 38.5 Å². The fourth-order valence-corrected chi connectivity index (χ4v) is 3.70. The molecule has 1 unspecified atom stereocenters. The molecule has 1 aromatic rings. The molecule has 0 aliphatic carbocycles. The Labute approximate surface area is 180 Å². The van der Waals surface area contributed by atoms with Crippen molar-refractivity contribution in [3.05, 3.63) is 28.5 Å². The van der Waals surface area contributed by atoms with Gasteiger partial charge in [0.1, 0.15) is 11.4 Å². The summed E-state index contributed by atoms with van der Waals surface area (Å²) < 4.78 is 19.9. The Bertz CT molecular complexity index is 724. The number of carbonyl (C=O) groups is 2. The topological polar surface area (TPSA) is 61.9 Å². The highest BCUT2D eigenvalue weighted by molar-refractivity contribution is 9.10. The lowest BCUT2D eigenvalue weighted by Crippen LogP contribution is -2.43. The van der Waals surface area contributed by atoms with Crippen molar-refractivity contribution >= 4 is 33.6 Å². The quantitative estimate of drug-likeness (QED) is 0.663. The van der Waals surface area contributed by atoms with Crippen molar-refractivity contribution in [2.24, 2.45) is 5.92 Å². The Morgan fingerprint density at radius 1 is 1.38 bits per heavy atom. The number of nitrogens with one attached hydrogen (secondary N) is 1. The largest absolute Gasteiger partial charge is 0.444 e. The van der Waals surface area contributed by atoms with E-state index in [9.17, 15) is 14.0 Å². The first-order valence-electron chi connectivity index (χ1n) is 9.95. The van der Waals surface area contributed by atoms with Crippen molar-refractivity contribution in [3.8, 4) is 0 Å². The number of carbonyl (C=O) groups excluding carboxylic acids is 2. The van der Waals surface area contributed by atoms with Crippen molar-refractivity contribution < 1.29 is 18.7 Å². The second-order valence-electron chi connectivity index (χ2n) is 8.59. The maximum absolute atomic E-state index is 13.8. The van der Waals surface area contributed by atoms with Crippen molar-refractivity contribution in [2.45, 2.75) is 45.6 Å². The normalized spacial score (nSPS) is 17.7. The van der Waals surface area contributed by atoms with Gasteiger partial charge in [-0.15, -0.1) is 0 Å². The van der Waals surface area contributed by atoms with Gasteiger partial charge in [0.25, 0.3) is 0 Å². The summed E-state index contributed by atoms with van der Waals surface area (Å²) in [7, 11) is 1.76. The predicted molar refractivity (Wildman–Crippen MR) is 115 cm³/mol. The Morgan fingerprint density at radius 2 is 2.10 bits per heavy atom. The summed E-state index contributed by atoms with van der Waals surface area (Å²) in [5.74, 6) is -0.330. The molecular formula is C21H31BrFN3O3. The van der Waals surface area contributed by atoms with Crippen LogP contribution in [0.15, 0.2) is 22.7 Å². The van der Waals surface area contributed by atoms with Crippen LogP contribution >= 0.6 is 15.9 Å². The van der Waals surface area contributed by atoms with Crippen molar-refractivity contribution in [3.63, 3.8) is 0 Å². The minimum absolute atomic E-state index is 0.189. The number of piperidine rings is 1. The molecule has 0 radical (unpaired) electrons. The first-order valence-corrected chi connectivity index (χ1v) is 10.7. The average molecular weight is 472 g/mol. The lowest BCUT2D eigenvalue weighted by Gasteiger charge is -2.35. The Hall–Kier alpha value is -1.67. The molecule has 1 aromatic carbocycles. The van der Waals surface area contributed by atoms with Crippen LogP contribution in [0.25, 0.3) is 0 Å². The lowest BCUT2D eigenvalue weighted by molar-refractivity contribution is -0.116. The summed E-state index contributed by atoms with van der Waals surface area (Å²) in [6.07, 6.45) is 2.05. The summed E-state index contributed by atoms with van der Waals surface area (Å²) >= 11 is 3.20. The van der Waals surface area contributed by atoms with Crippen LogP contribution in [0.2, 0.25) is 0 Å². The van der Waals surface area contributed by atoms with Gasteiger partial charge in [-0.3, -0.25) is 4.79 Å². The minimum Gasteiger partial charge on any atom is -0.444 e. The van der Waals surface area contributed by atoms with E-state index in [4.69, 9.17) is 4.74 Å². The third-order valence-electron chi connectivity index (χ3n) is 4.70. The summed E-state index contributed by atoms with van der Waals surface area (Å²) in [6, 6.07) is 4.56. The van der Waals surface area contributed by atoms with E-state index in [0.29, 0.717) is 29.9 Å². The molecule has 0 aromatic heterocycles. The monoisotopic (exact) mass is 471 g/mol. The fraction of sp³-hybridized carbons (Fsp3) is 0.619. The number of hydrogen-bond donors (Lipinski definition) is 1. The summed E-state index contributed by atoms with van der Waals surface area (Å²) in [6.45, 7) is 8.54. The molecule has 0 saturated carbocycles. The molecule has 2 rings (SSSR count). The standard InChI is InChI=1S/C21H31BrFN3O3/c1-21(2,3)29-20(28)25(4)13-15-6-5-10-26(14-15)11-9-19(27)24-18-8-7-16(22)12-17(18)23/h7-8,12,15H,5-6,9-11,13-14H2,1-4H3,(H,24,27). The number of halogens is 2. The van der Waals surface area contributed by atoms with Gasteiger partial charge in [0, 0.05) is 37.6 Å². The van der Waals surface area contributed by atoms with Gasteiger partial charge in [0.2, 0.25) is 5.91 Å². The van der Waals surface area contributed by atoms with Gasteiger partial charge < -0.3 is 19.9 Å². The van der Waals surface area contributed by atoms with Gasteiger partial charge in [0.15, 0.2) is 0 Å². The third kappa shape index (κ3) is 8.30. The molecule has 1 atom stereocenters. The zero-order valence-corrected chi connectivity index (χ0v) is 19.2. The van der Waals surface area contributed by atoms with Crippen LogP contribution in [0.1, 0.15) is 40.0 Å². The number of anilines is 1. The van der Waals surface area contributed by atoms with E-state index in [1.165, 1.54) is 6.07 Å². The van der Waals surface area contributed by atoms with Gasteiger partial charge in [-0.1, -0.05) is 15.9 Å². The fourth-order valence-electron chi connectivity index (χ4n) is 3.37. The Morgan fingerprint density at radius 3 is 2.76 bits per heavy atom. The molecule has 1 aliphatic rings. The highest BCUT2D eigenvalue weighted by atomic mass is 79.9. The molecule has 1 N–H and O–H groups in total. The first-order chi connectivity index (χ1) is 13.5. The van der Waals surface area contributed by atoms with Gasteiger partial charge in [-0.05, 0) is 64.3 Å². The van der Waals surface area contributed by atoms with Crippen LogP contribution in [0.3, 0.4) is 0 Å². The smallest absolute Gasteiger partial charge is 0.410 e. The molecule has 162 valence electrons. The molecule has 1 heterocycles. The zero-order valence-electron chi connectivity index (χ0n) is 17.6. The lowest BCUT2D eigenvalue weighted by atomic mass is 9.97. The molecule has 29 heavy (non-hydrogen) atoms. The first kappa shape index (κ1) is 23.6. The molecule has 6 nitrogen and oxygen atoms in total. The van der Waals surface area contributed by atoms with E-state index in [2.05, 4.69) is 26.1 Å². The van der Waals surface area contributed by atoms with Crippen LogP contribution < -0.4 is 5.32 Å². The van der Waals surface area contributed by atoms with E-state index in [0.717, 1.165) is 25.9 Å². The molecule has 0 spiro atoms. The molecular weight excluding hydrogens is 441 g/mol. The molecule has 2 amide bonds. The van der Waals surface area contributed by atoms with Crippen LogP contribution in [0.5, 0.6) is 0 Å². The van der Waals surface area contributed by atoms with Gasteiger partial charge in [0.05, 0.1) is 5.69 Å². The Balaban J connectivity index is 1.77. The molecule has 1 aliphatic heterocycles. The number of amides is 2. The molecule has 1 fully saturated rings. The number of benzene rings is 1. The van der Waals surface area contributed by atoms with E-state index < -0.39 is 11.4 Å². The van der Waals surface area contributed by atoms with Gasteiger partial charge in [-0.25, -0.2) is 9.18 Å². The van der Waals surface area contributed by atoms with Crippen LogP contribution in [0, 0.1) is 11.7 Å². The third-order valence-corrected chi connectivity index (χ3v) is 5.19. The zero-order chi connectivity index (χ0) is 21.6. The summed E-state index contributed by atoms with van der Waals surface area (Å²) in [5, 5.41) is 2.63. The van der Waals surface area contributed by atoms with Crippen molar-refractivity contribution in [1.82, 2.24) is 9.80 Å². The van der Waals surface area contributed by atoms with E-state index in [1.54, 1.807) is 24.1 Å². The van der Waals surface area contributed by atoms with Gasteiger partial charge >= 0.3 is 6.09 Å². The second kappa shape index (κ2) is 10.4. The second-order valence-corrected chi connectivity index (χ2v) is 9.51. The highest BCUT2D eigenvalue weighted by Gasteiger charge is 2.25. The number of rotatable bonds is 6. The van der Waals surface area contributed by atoms with E-state index >= 15 is 0 Å². The highest BCUT2D eigenvalue weighted by Crippen LogP contribution is 2.21. The number of likely N-dealkylation sites (tertiary alicyclic amines) is 1. The maximum Gasteiger partial charge on any atom is 0.410 e. The van der Waals surface area contributed by atoms with Crippen molar-refractivity contribution in [1.29, 1.82) is 0 Å². The number of nitrogens with zero attached hydrogens (tertiary/aromatic N) is 2. The molecule has 1 saturated heterocycles. The molecule has 8 heteroatoms. The van der Waals surface area contributed by atoms with Gasteiger partial charge in [-0.2, -0.15) is 0 Å². The van der Waals surface area contributed by atoms with Crippen LogP contribution in [0.4, 0.5) is 14.9 Å². The summed E-state index contributed by atoms with van der Waals surface area (Å²) in [4.78, 5) is 28.2. The van der Waals surface area contributed by atoms with Crippen LogP contribution in [-0.4, -0.2) is 60.6 Å². The van der Waals surface area contributed by atoms with Crippen LogP contribution in [-0.2, 0) is 9.53 Å². The number of ether oxygens (including phenoxy) is 1. The predicted octanol–water partition coefficient (Wildman–Crippen LogP) is 4.50.